The van der Waals surface area contributed by atoms with Crippen LogP contribution in [0.15, 0.2) is 30.0 Å². The van der Waals surface area contributed by atoms with Gasteiger partial charge in [0.05, 0.1) is 17.1 Å². The van der Waals surface area contributed by atoms with E-state index in [1.54, 1.807) is 22.8 Å². The third-order valence-electron chi connectivity index (χ3n) is 4.08. The number of halogens is 3. The number of rotatable bonds is 5. The van der Waals surface area contributed by atoms with Gasteiger partial charge in [0.2, 0.25) is 0 Å². The van der Waals surface area contributed by atoms with E-state index in [4.69, 9.17) is 10.00 Å². The van der Waals surface area contributed by atoms with Crippen molar-refractivity contribution in [3.05, 3.63) is 45.6 Å². The highest BCUT2D eigenvalue weighted by Gasteiger charge is 2.34. The van der Waals surface area contributed by atoms with E-state index in [1.165, 1.54) is 6.20 Å². The van der Waals surface area contributed by atoms with Crippen molar-refractivity contribution < 1.29 is 27.6 Å². The Bertz CT molecular complexity index is 825. The number of hydrogen-bond donors (Lipinski definition) is 0. The van der Waals surface area contributed by atoms with Gasteiger partial charge in [-0.15, -0.1) is 0 Å². The molecular formula is C17H17F3N4O4. The molecule has 0 spiro atoms. The van der Waals surface area contributed by atoms with E-state index in [-0.39, 0.29) is 31.0 Å². The van der Waals surface area contributed by atoms with Gasteiger partial charge in [-0.2, -0.15) is 18.4 Å². The standard InChI is InChI=1S/C17H17F3N4O4/c1-2-28-16(25)12(10-21)11-22-5-7-23(8-6-22)14-4-3-13(17(18,19)20)9-15(14)24(26)27/h3-4,9,11H,2,5-8H2,1H3. The summed E-state index contributed by atoms with van der Waals surface area (Å²) in [5.74, 6) is -0.745. The monoisotopic (exact) mass is 398 g/mol. The van der Waals surface area contributed by atoms with Crippen molar-refractivity contribution in [3.63, 3.8) is 0 Å². The highest BCUT2D eigenvalue weighted by molar-refractivity contribution is 5.92. The summed E-state index contributed by atoms with van der Waals surface area (Å²) in [6.07, 6.45) is -3.32. The number of esters is 1. The van der Waals surface area contributed by atoms with Crippen LogP contribution in [0.1, 0.15) is 12.5 Å². The van der Waals surface area contributed by atoms with Crippen LogP contribution in [0.4, 0.5) is 24.5 Å². The first-order valence-corrected chi connectivity index (χ1v) is 8.31. The lowest BCUT2D eigenvalue weighted by atomic mass is 10.1. The quantitative estimate of drug-likeness (QED) is 0.247. The van der Waals surface area contributed by atoms with Gasteiger partial charge in [0.1, 0.15) is 11.8 Å². The molecule has 0 aromatic heterocycles. The molecule has 0 N–H and O–H groups in total. The molecule has 1 saturated heterocycles. The zero-order valence-corrected chi connectivity index (χ0v) is 14.9. The zero-order valence-electron chi connectivity index (χ0n) is 14.9. The third-order valence-corrected chi connectivity index (χ3v) is 4.08. The minimum atomic E-state index is -4.67. The molecule has 0 radical (unpaired) electrons. The van der Waals surface area contributed by atoms with Crippen molar-refractivity contribution >= 4 is 17.3 Å². The summed E-state index contributed by atoms with van der Waals surface area (Å²) in [7, 11) is 0. The van der Waals surface area contributed by atoms with E-state index in [0.29, 0.717) is 19.2 Å². The molecule has 0 amide bonds. The number of piperazine rings is 1. The largest absolute Gasteiger partial charge is 0.462 e. The van der Waals surface area contributed by atoms with Crippen molar-refractivity contribution in [2.75, 3.05) is 37.7 Å². The molecule has 1 aliphatic rings. The summed E-state index contributed by atoms with van der Waals surface area (Å²) in [4.78, 5) is 25.3. The van der Waals surface area contributed by atoms with Gasteiger partial charge in [0, 0.05) is 38.4 Å². The van der Waals surface area contributed by atoms with Crippen LogP contribution in [0.25, 0.3) is 0 Å². The van der Waals surface area contributed by atoms with Crippen LogP contribution in [-0.4, -0.2) is 48.6 Å². The molecule has 8 nitrogen and oxygen atoms in total. The molecule has 0 unspecified atom stereocenters. The van der Waals surface area contributed by atoms with E-state index >= 15 is 0 Å². The number of nitriles is 1. The third kappa shape index (κ3) is 4.91. The lowest BCUT2D eigenvalue weighted by Gasteiger charge is -2.35. The number of carbonyl (C=O) groups is 1. The number of benzene rings is 1. The van der Waals surface area contributed by atoms with Gasteiger partial charge < -0.3 is 14.5 Å². The minimum absolute atomic E-state index is 0.0903. The number of anilines is 1. The van der Waals surface area contributed by atoms with E-state index in [1.807, 2.05) is 0 Å². The van der Waals surface area contributed by atoms with Gasteiger partial charge in [0.15, 0.2) is 5.57 Å². The Kier molecular flexibility index (Phi) is 6.45. The Hall–Kier alpha value is -3.29. The maximum Gasteiger partial charge on any atom is 0.416 e. The zero-order chi connectivity index (χ0) is 20.9. The Morgan fingerprint density at radius 2 is 2.00 bits per heavy atom. The van der Waals surface area contributed by atoms with Gasteiger partial charge in [-0.05, 0) is 19.1 Å². The molecule has 1 aromatic rings. The van der Waals surface area contributed by atoms with Crippen LogP contribution in [0, 0.1) is 21.4 Å². The van der Waals surface area contributed by atoms with Crippen molar-refractivity contribution in [1.29, 1.82) is 5.26 Å². The van der Waals surface area contributed by atoms with Crippen LogP contribution in [0.3, 0.4) is 0 Å². The fourth-order valence-corrected chi connectivity index (χ4v) is 2.72. The number of alkyl halides is 3. The Morgan fingerprint density at radius 1 is 1.36 bits per heavy atom. The molecule has 1 aromatic carbocycles. The summed E-state index contributed by atoms with van der Waals surface area (Å²) in [6, 6.07) is 4.18. The van der Waals surface area contributed by atoms with Gasteiger partial charge in [0.25, 0.3) is 5.69 Å². The Labute approximate surface area is 158 Å². The van der Waals surface area contributed by atoms with E-state index in [0.717, 1.165) is 12.1 Å². The van der Waals surface area contributed by atoms with Crippen LogP contribution in [-0.2, 0) is 15.7 Å². The molecule has 1 heterocycles. The van der Waals surface area contributed by atoms with Crippen molar-refractivity contribution in [1.82, 2.24) is 4.90 Å². The van der Waals surface area contributed by atoms with Crippen LogP contribution in [0.2, 0.25) is 0 Å². The second-order valence-electron chi connectivity index (χ2n) is 5.86. The number of carbonyl (C=O) groups excluding carboxylic acids is 1. The lowest BCUT2D eigenvalue weighted by Crippen LogP contribution is -2.44. The Balaban J connectivity index is 2.16. The number of nitro benzene ring substituents is 1. The van der Waals surface area contributed by atoms with E-state index in [2.05, 4.69) is 0 Å². The van der Waals surface area contributed by atoms with Crippen molar-refractivity contribution in [3.8, 4) is 6.07 Å². The molecule has 0 atom stereocenters. The number of hydrogen-bond acceptors (Lipinski definition) is 7. The highest BCUT2D eigenvalue weighted by atomic mass is 19.4. The first-order chi connectivity index (χ1) is 13.2. The van der Waals surface area contributed by atoms with Crippen molar-refractivity contribution in [2.45, 2.75) is 13.1 Å². The van der Waals surface area contributed by atoms with E-state index < -0.39 is 28.3 Å². The fraction of sp³-hybridized carbons (Fsp3) is 0.412. The summed E-state index contributed by atoms with van der Waals surface area (Å²) in [5.41, 5.74) is -1.79. The molecule has 0 saturated carbocycles. The van der Waals surface area contributed by atoms with Gasteiger partial charge in [-0.3, -0.25) is 10.1 Å². The maximum atomic E-state index is 12.8. The summed E-state index contributed by atoms with van der Waals surface area (Å²) >= 11 is 0. The lowest BCUT2D eigenvalue weighted by molar-refractivity contribution is -0.384. The van der Waals surface area contributed by atoms with Gasteiger partial charge >= 0.3 is 12.1 Å². The molecule has 1 aliphatic heterocycles. The summed E-state index contributed by atoms with van der Waals surface area (Å²) in [5, 5.41) is 20.3. The van der Waals surface area contributed by atoms with Gasteiger partial charge in [-0.1, -0.05) is 0 Å². The molecular weight excluding hydrogens is 381 g/mol. The van der Waals surface area contributed by atoms with Gasteiger partial charge in [-0.25, -0.2) is 4.79 Å². The van der Waals surface area contributed by atoms with Crippen molar-refractivity contribution in [2.24, 2.45) is 0 Å². The summed E-state index contributed by atoms with van der Waals surface area (Å²) < 4.78 is 43.2. The highest BCUT2D eigenvalue weighted by Crippen LogP contribution is 2.36. The molecule has 2 rings (SSSR count). The number of nitrogens with zero attached hydrogens (tertiary/aromatic N) is 4. The Morgan fingerprint density at radius 3 is 2.50 bits per heavy atom. The predicted octanol–water partition coefficient (Wildman–Crippen LogP) is 2.71. The first-order valence-electron chi connectivity index (χ1n) is 8.31. The smallest absolute Gasteiger partial charge is 0.416 e. The van der Waals surface area contributed by atoms with E-state index in [9.17, 15) is 28.1 Å². The fourth-order valence-electron chi connectivity index (χ4n) is 2.72. The molecule has 0 bridgehead atoms. The topological polar surface area (TPSA) is 99.7 Å². The summed E-state index contributed by atoms with van der Waals surface area (Å²) in [6.45, 7) is 2.92. The average Bonchev–Trinajstić information content (AvgIpc) is 2.65. The molecule has 0 aliphatic carbocycles. The maximum absolute atomic E-state index is 12.8. The second-order valence-corrected chi connectivity index (χ2v) is 5.86. The number of ether oxygens (including phenoxy) is 1. The average molecular weight is 398 g/mol. The minimum Gasteiger partial charge on any atom is -0.462 e. The molecule has 1 fully saturated rings. The van der Waals surface area contributed by atoms with Crippen LogP contribution >= 0.6 is 0 Å². The van der Waals surface area contributed by atoms with Crippen LogP contribution < -0.4 is 4.90 Å². The SMILES string of the molecule is CCOC(=O)C(C#N)=CN1CCN(c2ccc(C(F)(F)F)cc2[N+](=O)[O-])CC1. The molecule has 150 valence electrons. The van der Waals surface area contributed by atoms with Crippen LogP contribution in [0.5, 0.6) is 0 Å². The number of nitro groups is 1. The predicted molar refractivity (Wildman–Crippen MR) is 92.2 cm³/mol. The molecule has 11 heteroatoms. The molecule has 28 heavy (non-hydrogen) atoms. The second kappa shape index (κ2) is 8.60. The first kappa shape index (κ1) is 21.0. The normalized spacial score (nSPS) is 15.2.